The highest BCUT2D eigenvalue weighted by atomic mass is 32.2. The SMILES string of the molecule is CC(Sc1nnc(-c2ccncc2)o1)C(=O)Nc1ccc(C(C)(C)C)cc1. The monoisotopic (exact) mass is 382 g/mol. The number of benzene rings is 1. The molecule has 6 nitrogen and oxygen atoms in total. The van der Waals surface area contributed by atoms with Crippen molar-refractivity contribution in [3.63, 3.8) is 0 Å². The van der Waals surface area contributed by atoms with Crippen molar-refractivity contribution in [3.05, 3.63) is 54.4 Å². The van der Waals surface area contributed by atoms with Crippen molar-refractivity contribution in [2.24, 2.45) is 0 Å². The predicted molar refractivity (Wildman–Crippen MR) is 107 cm³/mol. The normalized spacial score (nSPS) is 12.6. The molecule has 1 N–H and O–H groups in total. The zero-order valence-electron chi connectivity index (χ0n) is 15.8. The number of pyridine rings is 1. The van der Waals surface area contributed by atoms with E-state index < -0.39 is 0 Å². The summed E-state index contributed by atoms with van der Waals surface area (Å²) in [4.78, 5) is 16.4. The summed E-state index contributed by atoms with van der Waals surface area (Å²) in [6.07, 6.45) is 3.32. The molecule has 0 saturated heterocycles. The molecule has 1 unspecified atom stereocenters. The molecule has 2 aromatic heterocycles. The van der Waals surface area contributed by atoms with E-state index >= 15 is 0 Å². The van der Waals surface area contributed by atoms with Gasteiger partial charge < -0.3 is 9.73 Å². The summed E-state index contributed by atoms with van der Waals surface area (Å²) >= 11 is 1.23. The summed E-state index contributed by atoms with van der Waals surface area (Å²) in [5.74, 6) is 0.289. The molecule has 7 heteroatoms. The van der Waals surface area contributed by atoms with Gasteiger partial charge in [0.25, 0.3) is 5.22 Å². The molecular weight excluding hydrogens is 360 g/mol. The molecule has 0 aliphatic carbocycles. The fourth-order valence-electron chi connectivity index (χ4n) is 2.37. The maximum atomic E-state index is 12.4. The summed E-state index contributed by atoms with van der Waals surface area (Å²) in [5, 5.41) is 10.9. The van der Waals surface area contributed by atoms with Gasteiger partial charge in [-0.05, 0) is 42.2 Å². The van der Waals surface area contributed by atoms with Crippen molar-refractivity contribution in [3.8, 4) is 11.5 Å². The molecule has 0 radical (unpaired) electrons. The third kappa shape index (κ3) is 4.95. The van der Waals surface area contributed by atoms with Crippen LogP contribution in [0.15, 0.2) is 58.4 Å². The van der Waals surface area contributed by atoms with Gasteiger partial charge in [0, 0.05) is 23.6 Å². The molecule has 0 fully saturated rings. The highest BCUT2D eigenvalue weighted by Gasteiger charge is 2.19. The van der Waals surface area contributed by atoms with Crippen LogP contribution < -0.4 is 5.32 Å². The number of hydrogen-bond acceptors (Lipinski definition) is 6. The molecule has 1 amide bonds. The first-order valence-electron chi connectivity index (χ1n) is 8.65. The van der Waals surface area contributed by atoms with Crippen LogP contribution in [0.4, 0.5) is 5.69 Å². The van der Waals surface area contributed by atoms with Crippen molar-refractivity contribution < 1.29 is 9.21 Å². The number of aromatic nitrogens is 3. The number of nitrogens with zero attached hydrogens (tertiary/aromatic N) is 3. The van der Waals surface area contributed by atoms with E-state index in [0.29, 0.717) is 11.1 Å². The standard InChI is InChI=1S/C20H22N4O2S/c1-13(17(25)22-16-7-5-15(6-8-16)20(2,3)4)27-19-24-23-18(26-19)14-9-11-21-12-10-14/h5-13H,1-4H3,(H,22,25). The lowest BCUT2D eigenvalue weighted by atomic mass is 9.87. The van der Waals surface area contributed by atoms with Gasteiger partial charge in [0.05, 0.1) is 5.25 Å². The van der Waals surface area contributed by atoms with Crippen molar-refractivity contribution in [2.45, 2.75) is 43.6 Å². The minimum Gasteiger partial charge on any atom is -0.411 e. The number of amides is 1. The second-order valence-corrected chi connectivity index (χ2v) is 8.48. The number of carbonyl (C=O) groups is 1. The number of thioether (sulfide) groups is 1. The van der Waals surface area contributed by atoms with Crippen LogP contribution in [0, 0.1) is 0 Å². The van der Waals surface area contributed by atoms with E-state index in [1.165, 1.54) is 17.3 Å². The first-order chi connectivity index (χ1) is 12.8. The maximum Gasteiger partial charge on any atom is 0.277 e. The molecule has 140 valence electrons. The van der Waals surface area contributed by atoms with Crippen LogP contribution in [-0.4, -0.2) is 26.3 Å². The van der Waals surface area contributed by atoms with Crippen LogP contribution in [0.2, 0.25) is 0 Å². The van der Waals surface area contributed by atoms with Gasteiger partial charge in [0.1, 0.15) is 0 Å². The summed E-state index contributed by atoms with van der Waals surface area (Å²) < 4.78 is 5.63. The molecular formula is C20H22N4O2S. The number of hydrogen-bond donors (Lipinski definition) is 1. The highest BCUT2D eigenvalue weighted by molar-refractivity contribution is 8.00. The molecule has 1 atom stereocenters. The molecule has 2 heterocycles. The Kier molecular flexibility index (Phi) is 5.60. The molecule has 1 aromatic carbocycles. The first-order valence-corrected chi connectivity index (χ1v) is 9.53. The molecule has 3 aromatic rings. The molecule has 0 saturated carbocycles. The van der Waals surface area contributed by atoms with Gasteiger partial charge in [0.15, 0.2) is 0 Å². The van der Waals surface area contributed by atoms with Gasteiger partial charge in [-0.1, -0.05) is 44.7 Å². The van der Waals surface area contributed by atoms with E-state index in [1.54, 1.807) is 31.5 Å². The molecule has 0 aliphatic heterocycles. The van der Waals surface area contributed by atoms with Crippen molar-refractivity contribution in [2.75, 3.05) is 5.32 Å². The fourth-order valence-corrected chi connectivity index (χ4v) is 3.05. The summed E-state index contributed by atoms with van der Waals surface area (Å²) in [6.45, 7) is 8.28. The van der Waals surface area contributed by atoms with Crippen LogP contribution in [-0.2, 0) is 10.2 Å². The van der Waals surface area contributed by atoms with Crippen molar-refractivity contribution in [1.29, 1.82) is 0 Å². The highest BCUT2D eigenvalue weighted by Crippen LogP contribution is 2.27. The smallest absolute Gasteiger partial charge is 0.277 e. The van der Waals surface area contributed by atoms with E-state index in [-0.39, 0.29) is 16.6 Å². The van der Waals surface area contributed by atoms with Crippen LogP contribution in [0.3, 0.4) is 0 Å². The fraction of sp³-hybridized carbons (Fsp3) is 0.300. The van der Waals surface area contributed by atoms with Crippen LogP contribution >= 0.6 is 11.8 Å². The van der Waals surface area contributed by atoms with Gasteiger partial charge in [-0.15, -0.1) is 10.2 Å². The zero-order valence-corrected chi connectivity index (χ0v) is 16.6. The molecule has 0 aliphatic rings. The molecule has 3 rings (SSSR count). The second kappa shape index (κ2) is 7.92. The molecule has 0 bridgehead atoms. The Balaban J connectivity index is 1.60. The molecule has 0 spiro atoms. The lowest BCUT2D eigenvalue weighted by Crippen LogP contribution is -2.22. The Morgan fingerprint density at radius 2 is 1.74 bits per heavy atom. The van der Waals surface area contributed by atoms with E-state index in [2.05, 4.69) is 41.3 Å². The number of anilines is 1. The van der Waals surface area contributed by atoms with Crippen molar-refractivity contribution >= 4 is 23.4 Å². The van der Waals surface area contributed by atoms with Crippen LogP contribution in [0.5, 0.6) is 0 Å². The topological polar surface area (TPSA) is 80.9 Å². The number of rotatable bonds is 5. The number of carbonyl (C=O) groups excluding carboxylic acids is 1. The zero-order chi connectivity index (χ0) is 19.4. The Bertz CT molecular complexity index is 902. The molecule has 27 heavy (non-hydrogen) atoms. The summed E-state index contributed by atoms with van der Waals surface area (Å²) in [5.41, 5.74) is 2.86. The Morgan fingerprint density at radius 1 is 1.07 bits per heavy atom. The van der Waals surface area contributed by atoms with Crippen molar-refractivity contribution in [1.82, 2.24) is 15.2 Å². The predicted octanol–water partition coefficient (Wildman–Crippen LogP) is 4.55. The third-order valence-corrected chi connectivity index (χ3v) is 4.93. The largest absolute Gasteiger partial charge is 0.411 e. The third-order valence-electron chi connectivity index (χ3n) is 4.00. The van der Waals surface area contributed by atoms with Crippen LogP contribution in [0.25, 0.3) is 11.5 Å². The Morgan fingerprint density at radius 3 is 2.37 bits per heavy atom. The van der Waals surface area contributed by atoms with E-state index in [4.69, 9.17) is 4.42 Å². The van der Waals surface area contributed by atoms with Gasteiger partial charge in [0.2, 0.25) is 11.8 Å². The average molecular weight is 382 g/mol. The van der Waals surface area contributed by atoms with E-state index in [1.807, 2.05) is 24.3 Å². The minimum atomic E-state index is -0.377. The Hall–Kier alpha value is -2.67. The lowest BCUT2D eigenvalue weighted by molar-refractivity contribution is -0.115. The summed E-state index contributed by atoms with van der Waals surface area (Å²) in [6, 6.07) is 11.5. The van der Waals surface area contributed by atoms with Crippen LogP contribution in [0.1, 0.15) is 33.3 Å². The van der Waals surface area contributed by atoms with Gasteiger partial charge >= 0.3 is 0 Å². The quantitative estimate of drug-likeness (QED) is 0.652. The summed E-state index contributed by atoms with van der Waals surface area (Å²) in [7, 11) is 0. The maximum absolute atomic E-state index is 12.4. The second-order valence-electron chi connectivity index (χ2n) is 7.19. The number of nitrogens with one attached hydrogen (secondary N) is 1. The lowest BCUT2D eigenvalue weighted by Gasteiger charge is -2.19. The van der Waals surface area contributed by atoms with Gasteiger partial charge in [-0.3, -0.25) is 9.78 Å². The van der Waals surface area contributed by atoms with E-state index in [0.717, 1.165) is 11.3 Å². The van der Waals surface area contributed by atoms with Gasteiger partial charge in [-0.25, -0.2) is 0 Å². The first kappa shape index (κ1) is 19.1. The van der Waals surface area contributed by atoms with E-state index in [9.17, 15) is 4.79 Å². The van der Waals surface area contributed by atoms with Gasteiger partial charge in [-0.2, -0.15) is 0 Å². The Labute approximate surface area is 162 Å². The minimum absolute atomic E-state index is 0.0795. The average Bonchev–Trinajstić information content (AvgIpc) is 3.10.